The highest BCUT2D eigenvalue weighted by atomic mass is 32.2. The zero-order valence-corrected chi connectivity index (χ0v) is 23.8. The molecular formula is C31H28N4O6S. The molecule has 3 aromatic carbocycles. The molecule has 0 saturated heterocycles. The molecule has 4 rings (SSSR count). The molecule has 0 bridgehead atoms. The van der Waals surface area contributed by atoms with Gasteiger partial charge in [-0.3, -0.25) is 15.0 Å². The summed E-state index contributed by atoms with van der Waals surface area (Å²) in [5, 5.41) is 22.2. The van der Waals surface area contributed by atoms with E-state index < -0.39 is 22.8 Å². The van der Waals surface area contributed by atoms with Crippen molar-refractivity contribution in [2.24, 2.45) is 5.73 Å². The Morgan fingerprint density at radius 2 is 1.67 bits per heavy atom. The van der Waals surface area contributed by atoms with Gasteiger partial charge in [0.05, 0.1) is 48.0 Å². The number of nitro groups is 1. The minimum absolute atomic E-state index is 0.0298. The van der Waals surface area contributed by atoms with Crippen molar-refractivity contribution in [2.45, 2.75) is 23.7 Å². The molecule has 42 heavy (non-hydrogen) atoms. The van der Waals surface area contributed by atoms with Gasteiger partial charge in [0.2, 0.25) is 0 Å². The number of thioether (sulfide) groups is 1. The summed E-state index contributed by atoms with van der Waals surface area (Å²) in [7, 11) is 2.29. The van der Waals surface area contributed by atoms with E-state index in [4.69, 9.17) is 15.2 Å². The molecule has 214 valence electrons. The van der Waals surface area contributed by atoms with Crippen molar-refractivity contribution in [1.82, 2.24) is 0 Å². The quantitative estimate of drug-likeness (QED) is 0.111. The van der Waals surface area contributed by atoms with Gasteiger partial charge >= 0.3 is 11.9 Å². The van der Waals surface area contributed by atoms with E-state index in [1.807, 2.05) is 30.3 Å². The molecule has 1 unspecified atom stereocenters. The molecule has 3 aromatic rings. The van der Waals surface area contributed by atoms with E-state index in [2.05, 4.69) is 6.07 Å². The van der Waals surface area contributed by atoms with Crippen LogP contribution in [0, 0.1) is 21.4 Å². The molecule has 2 N–H and O–H groups in total. The van der Waals surface area contributed by atoms with E-state index >= 15 is 0 Å². The smallest absolute Gasteiger partial charge is 0.355 e. The van der Waals surface area contributed by atoms with Crippen molar-refractivity contribution in [2.75, 3.05) is 24.9 Å². The number of anilines is 1. The van der Waals surface area contributed by atoms with Gasteiger partial charge in [-0.05, 0) is 35.8 Å². The molecule has 0 aromatic heterocycles. The number of nitrogens with zero attached hydrogens (tertiary/aromatic N) is 3. The van der Waals surface area contributed by atoms with Crippen molar-refractivity contribution < 1.29 is 24.0 Å². The summed E-state index contributed by atoms with van der Waals surface area (Å²) in [5.41, 5.74) is 7.63. The summed E-state index contributed by atoms with van der Waals surface area (Å²) in [6, 6.07) is 24.9. The number of carbonyl (C=O) groups excluding carboxylic acids is 2. The van der Waals surface area contributed by atoms with Gasteiger partial charge in [-0.2, -0.15) is 5.26 Å². The number of hydrogen-bond donors (Lipinski definition) is 1. The number of non-ortho nitro benzene ring substituents is 1. The third-order valence-electron chi connectivity index (χ3n) is 6.68. The normalized spacial score (nSPS) is 14.8. The van der Waals surface area contributed by atoms with Gasteiger partial charge < -0.3 is 15.2 Å². The van der Waals surface area contributed by atoms with E-state index in [0.717, 1.165) is 32.0 Å². The Hall–Kier alpha value is -5.08. The zero-order chi connectivity index (χ0) is 30.2. The van der Waals surface area contributed by atoms with Crippen LogP contribution in [0.3, 0.4) is 0 Å². The van der Waals surface area contributed by atoms with Gasteiger partial charge in [-0.15, -0.1) is 11.8 Å². The van der Waals surface area contributed by atoms with E-state index in [0.29, 0.717) is 16.2 Å². The first-order valence-electron chi connectivity index (χ1n) is 12.9. The number of hydrogen-bond acceptors (Lipinski definition) is 10. The van der Waals surface area contributed by atoms with Gasteiger partial charge in [0.25, 0.3) is 5.69 Å². The maximum atomic E-state index is 13.3. The van der Waals surface area contributed by atoms with Crippen LogP contribution in [-0.4, -0.2) is 36.8 Å². The van der Waals surface area contributed by atoms with Crippen LogP contribution in [0.1, 0.15) is 23.5 Å². The SMILES string of the molecule is COC(=O)C1=C(C(=O)OC)N(c2cc(SCCCc3ccccc3)cc([N+](=O)[O-])c2)C(N)=C(C#N)C1c1ccccc1. The minimum Gasteiger partial charge on any atom is -0.466 e. The topological polar surface area (TPSA) is 149 Å². The number of carbonyl (C=O) groups is 2. The number of ether oxygens (including phenoxy) is 2. The number of benzene rings is 3. The molecule has 0 saturated carbocycles. The molecule has 11 heteroatoms. The molecular weight excluding hydrogens is 556 g/mol. The van der Waals surface area contributed by atoms with Crippen LogP contribution in [-0.2, 0) is 25.5 Å². The van der Waals surface area contributed by atoms with E-state index in [9.17, 15) is 25.0 Å². The number of methoxy groups -OCH3 is 2. The van der Waals surface area contributed by atoms with E-state index in [1.165, 1.54) is 29.5 Å². The maximum Gasteiger partial charge on any atom is 0.355 e. The van der Waals surface area contributed by atoms with Crippen molar-refractivity contribution in [1.29, 1.82) is 5.26 Å². The number of nitrogens with two attached hydrogens (primary N) is 1. The summed E-state index contributed by atoms with van der Waals surface area (Å²) in [4.78, 5) is 39.7. The van der Waals surface area contributed by atoms with Crippen LogP contribution in [0.25, 0.3) is 0 Å². The third-order valence-corrected chi connectivity index (χ3v) is 7.74. The number of aryl methyl sites for hydroxylation is 1. The van der Waals surface area contributed by atoms with Crippen molar-refractivity contribution >= 4 is 35.1 Å². The maximum absolute atomic E-state index is 13.3. The highest BCUT2D eigenvalue weighted by Gasteiger charge is 2.43. The molecule has 0 fully saturated rings. The van der Waals surface area contributed by atoms with Gasteiger partial charge in [-0.1, -0.05) is 60.7 Å². The Morgan fingerprint density at radius 3 is 2.26 bits per heavy atom. The average molecular weight is 585 g/mol. The van der Waals surface area contributed by atoms with Gasteiger partial charge in [-0.25, -0.2) is 9.59 Å². The second kappa shape index (κ2) is 13.5. The summed E-state index contributed by atoms with van der Waals surface area (Å²) in [6.07, 6.45) is 1.65. The van der Waals surface area contributed by atoms with Crippen LogP contribution >= 0.6 is 11.8 Å². The van der Waals surface area contributed by atoms with Gasteiger partial charge in [0.1, 0.15) is 11.5 Å². The predicted molar refractivity (Wildman–Crippen MR) is 158 cm³/mol. The zero-order valence-electron chi connectivity index (χ0n) is 23.0. The predicted octanol–water partition coefficient (Wildman–Crippen LogP) is 5.22. The van der Waals surface area contributed by atoms with Gasteiger partial charge in [0.15, 0.2) is 0 Å². The molecule has 1 heterocycles. The fraction of sp³-hybridized carbons (Fsp3) is 0.194. The molecule has 10 nitrogen and oxygen atoms in total. The van der Waals surface area contributed by atoms with Gasteiger partial charge in [0, 0.05) is 17.0 Å². The lowest BCUT2D eigenvalue weighted by molar-refractivity contribution is -0.385. The number of nitriles is 1. The summed E-state index contributed by atoms with van der Waals surface area (Å²) in [6.45, 7) is 0. The number of nitro benzene ring substituents is 1. The van der Waals surface area contributed by atoms with Crippen molar-refractivity contribution in [3.05, 3.63) is 123 Å². The highest BCUT2D eigenvalue weighted by molar-refractivity contribution is 7.99. The first kappa shape index (κ1) is 29.9. The van der Waals surface area contributed by atoms with Crippen LogP contribution in [0.2, 0.25) is 0 Å². The molecule has 0 spiro atoms. The Labute approximate surface area is 247 Å². The minimum atomic E-state index is -1.04. The second-order valence-electron chi connectivity index (χ2n) is 9.22. The van der Waals surface area contributed by atoms with E-state index in [-0.39, 0.29) is 34.0 Å². The summed E-state index contributed by atoms with van der Waals surface area (Å²) >= 11 is 1.40. The lowest BCUT2D eigenvalue weighted by Crippen LogP contribution is -2.40. The lowest BCUT2D eigenvalue weighted by Gasteiger charge is -2.35. The standard InChI is InChI=1S/C31H28N4O6S/c1-40-30(36)27-26(21-13-7-4-8-14-21)25(19-32)29(33)34(28(27)31(37)41-2)22-16-23(35(38)39)18-24(17-22)42-15-9-12-20-10-5-3-6-11-20/h3-8,10-11,13-14,16-18,26H,9,12,15,33H2,1-2H3. The Kier molecular flexibility index (Phi) is 9.62. The Bertz CT molecular complexity index is 1600. The number of esters is 2. The van der Waals surface area contributed by atoms with Crippen molar-refractivity contribution in [3.8, 4) is 6.07 Å². The van der Waals surface area contributed by atoms with Crippen LogP contribution in [0.5, 0.6) is 0 Å². The number of allylic oxidation sites excluding steroid dienone is 1. The first-order chi connectivity index (χ1) is 20.3. The molecule has 1 aliphatic rings. The van der Waals surface area contributed by atoms with Crippen LogP contribution < -0.4 is 10.6 Å². The monoisotopic (exact) mass is 584 g/mol. The summed E-state index contributed by atoms with van der Waals surface area (Å²) in [5.74, 6) is -2.36. The van der Waals surface area contributed by atoms with E-state index in [1.54, 1.807) is 36.4 Å². The average Bonchev–Trinajstić information content (AvgIpc) is 3.02. The molecule has 0 amide bonds. The largest absolute Gasteiger partial charge is 0.466 e. The lowest BCUT2D eigenvalue weighted by atomic mass is 9.81. The second-order valence-corrected chi connectivity index (χ2v) is 10.4. The first-order valence-corrected chi connectivity index (χ1v) is 13.9. The molecule has 1 aliphatic heterocycles. The molecule has 0 aliphatic carbocycles. The highest BCUT2D eigenvalue weighted by Crippen LogP contribution is 2.44. The summed E-state index contributed by atoms with van der Waals surface area (Å²) < 4.78 is 10.1. The molecule has 0 radical (unpaired) electrons. The van der Waals surface area contributed by atoms with Crippen LogP contribution in [0.4, 0.5) is 11.4 Å². The van der Waals surface area contributed by atoms with Crippen LogP contribution in [0.15, 0.2) is 106 Å². The fourth-order valence-corrected chi connectivity index (χ4v) is 5.71. The Morgan fingerprint density at radius 1 is 1.02 bits per heavy atom. The number of rotatable bonds is 10. The fourth-order valence-electron chi connectivity index (χ4n) is 4.78. The third kappa shape index (κ3) is 6.29. The van der Waals surface area contributed by atoms with Crippen molar-refractivity contribution in [3.63, 3.8) is 0 Å². The molecule has 1 atom stereocenters. The Balaban J connectivity index is 1.84.